The Kier molecular flexibility index (Phi) is 6.32. The molecule has 2 aromatic rings. The zero-order chi connectivity index (χ0) is 19.2. The molecule has 0 heterocycles. The maximum absolute atomic E-state index is 12.5. The third kappa shape index (κ3) is 5.58. The second kappa shape index (κ2) is 8.46. The van der Waals surface area contributed by atoms with Gasteiger partial charge >= 0.3 is 12.2 Å². The highest BCUT2D eigenvalue weighted by molar-refractivity contribution is 5.89. The van der Waals surface area contributed by atoms with Crippen LogP contribution in [0.5, 0.6) is 11.5 Å². The summed E-state index contributed by atoms with van der Waals surface area (Å²) in [7, 11) is 1.54. The van der Waals surface area contributed by atoms with Crippen LogP contribution in [0.1, 0.15) is 11.1 Å². The molecule has 0 fully saturated rings. The Balaban J connectivity index is 1.77. The molecule has 5 nitrogen and oxygen atoms in total. The number of rotatable bonds is 6. The van der Waals surface area contributed by atoms with Gasteiger partial charge in [-0.3, -0.25) is 0 Å². The van der Waals surface area contributed by atoms with Crippen LogP contribution in [0, 0.1) is 6.92 Å². The Hall–Kier alpha value is -2.90. The lowest BCUT2D eigenvalue weighted by atomic mass is 10.2. The van der Waals surface area contributed by atoms with Crippen molar-refractivity contribution in [1.82, 2.24) is 5.32 Å². The molecule has 0 bridgehead atoms. The lowest BCUT2D eigenvalue weighted by molar-refractivity contribution is -0.137. The molecule has 0 aromatic heterocycles. The van der Waals surface area contributed by atoms with Gasteiger partial charge in [0.25, 0.3) is 0 Å². The first kappa shape index (κ1) is 19.4. The van der Waals surface area contributed by atoms with Crippen molar-refractivity contribution in [3.8, 4) is 11.5 Å². The number of urea groups is 1. The molecule has 0 aliphatic carbocycles. The zero-order valence-corrected chi connectivity index (χ0v) is 14.3. The van der Waals surface area contributed by atoms with Crippen molar-refractivity contribution in [1.29, 1.82) is 0 Å². The summed E-state index contributed by atoms with van der Waals surface area (Å²) in [5, 5.41) is 5.01. The van der Waals surface area contributed by atoms with E-state index in [4.69, 9.17) is 9.47 Å². The Morgan fingerprint density at radius 1 is 1.08 bits per heavy atom. The summed E-state index contributed by atoms with van der Waals surface area (Å²) in [6, 6.07) is 9.14. The van der Waals surface area contributed by atoms with Gasteiger partial charge in [-0.1, -0.05) is 6.07 Å². The number of amides is 2. The number of halogens is 3. The van der Waals surface area contributed by atoms with Crippen LogP contribution in [0.4, 0.5) is 23.7 Å². The summed E-state index contributed by atoms with van der Waals surface area (Å²) in [5.41, 5.74) is 0.517. The number of anilines is 1. The maximum Gasteiger partial charge on any atom is 0.416 e. The van der Waals surface area contributed by atoms with Crippen molar-refractivity contribution >= 4 is 11.7 Å². The minimum Gasteiger partial charge on any atom is -0.493 e. The molecule has 2 aromatic carbocycles. The number of hydrogen-bond acceptors (Lipinski definition) is 3. The van der Waals surface area contributed by atoms with E-state index in [0.29, 0.717) is 11.5 Å². The van der Waals surface area contributed by atoms with E-state index in [9.17, 15) is 18.0 Å². The second-order valence-electron chi connectivity index (χ2n) is 5.46. The fourth-order valence-corrected chi connectivity index (χ4v) is 2.14. The van der Waals surface area contributed by atoms with Crippen LogP contribution in [0.15, 0.2) is 42.5 Å². The Bertz CT molecular complexity index is 746. The van der Waals surface area contributed by atoms with Crippen LogP contribution in [0.2, 0.25) is 0 Å². The first-order valence-corrected chi connectivity index (χ1v) is 7.79. The van der Waals surface area contributed by atoms with Gasteiger partial charge in [0, 0.05) is 5.69 Å². The average molecular weight is 368 g/mol. The zero-order valence-electron chi connectivity index (χ0n) is 14.3. The van der Waals surface area contributed by atoms with Gasteiger partial charge in [-0.2, -0.15) is 13.2 Å². The number of benzene rings is 2. The molecule has 0 spiro atoms. The van der Waals surface area contributed by atoms with Gasteiger partial charge in [0.1, 0.15) is 6.61 Å². The van der Waals surface area contributed by atoms with Gasteiger partial charge in [0.2, 0.25) is 0 Å². The molecule has 8 heteroatoms. The molecule has 140 valence electrons. The Labute approximate surface area is 149 Å². The number of alkyl halides is 3. The van der Waals surface area contributed by atoms with Gasteiger partial charge in [0.05, 0.1) is 19.2 Å². The summed E-state index contributed by atoms with van der Waals surface area (Å²) in [5.74, 6) is 1.15. The van der Waals surface area contributed by atoms with E-state index in [1.807, 2.05) is 19.1 Å². The molecular formula is C18H19F3N2O3. The number of hydrogen-bond donors (Lipinski definition) is 2. The van der Waals surface area contributed by atoms with E-state index in [0.717, 1.165) is 17.7 Å². The maximum atomic E-state index is 12.5. The molecule has 0 atom stereocenters. The SMILES string of the molecule is COc1cc(C)ccc1OCCNC(=O)Nc1ccc(C(F)(F)F)cc1. The van der Waals surface area contributed by atoms with Crippen LogP contribution in [-0.4, -0.2) is 26.3 Å². The van der Waals surface area contributed by atoms with Crippen molar-refractivity contribution in [2.24, 2.45) is 0 Å². The minimum absolute atomic E-state index is 0.208. The van der Waals surface area contributed by atoms with Crippen molar-refractivity contribution in [2.45, 2.75) is 13.1 Å². The number of ether oxygens (including phenoxy) is 2. The standard InChI is InChI=1S/C18H19F3N2O3/c1-12-3-8-15(16(11-12)25-2)26-10-9-22-17(24)23-14-6-4-13(5-7-14)18(19,20)21/h3-8,11H,9-10H2,1-2H3,(H2,22,23,24). The van der Waals surface area contributed by atoms with E-state index >= 15 is 0 Å². The summed E-state index contributed by atoms with van der Waals surface area (Å²) < 4.78 is 48.2. The molecule has 0 aliphatic rings. The number of nitrogens with one attached hydrogen (secondary N) is 2. The second-order valence-corrected chi connectivity index (χ2v) is 5.46. The van der Waals surface area contributed by atoms with E-state index < -0.39 is 17.8 Å². The lowest BCUT2D eigenvalue weighted by Gasteiger charge is -2.12. The van der Waals surface area contributed by atoms with E-state index in [1.165, 1.54) is 19.2 Å². The predicted molar refractivity (Wildman–Crippen MR) is 91.7 cm³/mol. The molecule has 0 radical (unpaired) electrons. The van der Waals surface area contributed by atoms with Gasteiger partial charge < -0.3 is 20.1 Å². The molecule has 2 rings (SSSR count). The summed E-state index contributed by atoms with van der Waals surface area (Å²) in [6.45, 7) is 2.35. The highest BCUT2D eigenvalue weighted by Crippen LogP contribution is 2.30. The monoisotopic (exact) mass is 368 g/mol. The Morgan fingerprint density at radius 2 is 1.77 bits per heavy atom. The van der Waals surface area contributed by atoms with Crippen LogP contribution in [-0.2, 0) is 6.18 Å². The molecule has 26 heavy (non-hydrogen) atoms. The summed E-state index contributed by atoms with van der Waals surface area (Å²) in [4.78, 5) is 11.7. The average Bonchev–Trinajstić information content (AvgIpc) is 2.59. The van der Waals surface area contributed by atoms with Gasteiger partial charge in [-0.25, -0.2) is 4.79 Å². The molecular weight excluding hydrogens is 349 g/mol. The summed E-state index contributed by atoms with van der Waals surface area (Å²) in [6.07, 6.45) is -4.41. The van der Waals surface area contributed by atoms with E-state index in [-0.39, 0.29) is 18.8 Å². The minimum atomic E-state index is -4.41. The van der Waals surface area contributed by atoms with Gasteiger partial charge in [-0.05, 0) is 48.9 Å². The topological polar surface area (TPSA) is 59.6 Å². The fraction of sp³-hybridized carbons (Fsp3) is 0.278. The molecule has 2 N–H and O–H groups in total. The van der Waals surface area contributed by atoms with Gasteiger partial charge in [0.15, 0.2) is 11.5 Å². The highest BCUT2D eigenvalue weighted by Gasteiger charge is 2.29. The van der Waals surface area contributed by atoms with Crippen molar-refractivity contribution in [3.05, 3.63) is 53.6 Å². The molecule has 0 aliphatic heterocycles. The number of methoxy groups -OCH3 is 1. The molecule has 0 unspecified atom stereocenters. The van der Waals surface area contributed by atoms with Crippen LogP contribution < -0.4 is 20.1 Å². The first-order valence-electron chi connectivity index (χ1n) is 7.79. The van der Waals surface area contributed by atoms with E-state index in [2.05, 4.69) is 10.6 Å². The number of aryl methyl sites for hydroxylation is 1. The van der Waals surface area contributed by atoms with Crippen LogP contribution in [0.3, 0.4) is 0 Å². The summed E-state index contributed by atoms with van der Waals surface area (Å²) >= 11 is 0. The largest absolute Gasteiger partial charge is 0.493 e. The van der Waals surface area contributed by atoms with Gasteiger partial charge in [-0.15, -0.1) is 0 Å². The Morgan fingerprint density at radius 3 is 2.38 bits per heavy atom. The quantitative estimate of drug-likeness (QED) is 0.751. The third-order valence-electron chi connectivity index (χ3n) is 3.43. The normalized spacial score (nSPS) is 11.0. The van der Waals surface area contributed by atoms with Crippen molar-refractivity contribution in [3.63, 3.8) is 0 Å². The number of carbonyl (C=O) groups is 1. The van der Waals surface area contributed by atoms with Crippen LogP contribution in [0.25, 0.3) is 0 Å². The highest BCUT2D eigenvalue weighted by atomic mass is 19.4. The third-order valence-corrected chi connectivity index (χ3v) is 3.43. The first-order chi connectivity index (χ1) is 12.3. The lowest BCUT2D eigenvalue weighted by Crippen LogP contribution is -2.32. The van der Waals surface area contributed by atoms with Crippen molar-refractivity contribution < 1.29 is 27.4 Å². The number of carbonyl (C=O) groups excluding carboxylic acids is 1. The smallest absolute Gasteiger partial charge is 0.416 e. The molecule has 0 saturated heterocycles. The fourth-order valence-electron chi connectivity index (χ4n) is 2.14. The predicted octanol–water partition coefficient (Wildman–Crippen LogP) is 4.22. The van der Waals surface area contributed by atoms with E-state index in [1.54, 1.807) is 6.07 Å². The van der Waals surface area contributed by atoms with Crippen LogP contribution >= 0.6 is 0 Å². The molecule has 0 saturated carbocycles. The van der Waals surface area contributed by atoms with Crippen molar-refractivity contribution in [2.75, 3.05) is 25.6 Å². The molecule has 2 amide bonds.